The van der Waals surface area contributed by atoms with Gasteiger partial charge in [0.05, 0.1) is 13.2 Å². The largest absolute Gasteiger partial charge is 0.371 e. The number of alkyl halides is 1. The zero-order valence-corrected chi connectivity index (χ0v) is 8.41. The summed E-state index contributed by atoms with van der Waals surface area (Å²) in [4.78, 5) is -0.433. The molecule has 0 N–H and O–H groups in total. The fourth-order valence-electron chi connectivity index (χ4n) is 2.09. The first-order valence-electron chi connectivity index (χ1n) is 4.81. The van der Waals surface area contributed by atoms with Crippen LogP contribution in [-0.4, -0.2) is 25.4 Å². The Bertz CT molecular complexity index is 326. The molecule has 3 atom stereocenters. The van der Waals surface area contributed by atoms with E-state index in [2.05, 4.69) is 0 Å². The molecule has 0 amide bonds. The summed E-state index contributed by atoms with van der Waals surface area (Å²) in [6, 6.07) is 10.0. The molecule has 1 saturated carbocycles. The predicted molar refractivity (Wildman–Crippen MR) is 53.5 cm³/mol. The topological polar surface area (TPSA) is 18.5 Å². The lowest BCUT2D eigenvalue weighted by Gasteiger charge is -2.08. The van der Waals surface area contributed by atoms with Crippen molar-refractivity contribution in [2.75, 3.05) is 13.2 Å². The molecule has 1 aliphatic heterocycles. The Morgan fingerprint density at radius 3 is 2.21 bits per heavy atom. The molecule has 1 saturated heterocycles. The van der Waals surface area contributed by atoms with Crippen molar-refractivity contribution in [2.24, 2.45) is 0 Å². The van der Waals surface area contributed by atoms with Crippen LogP contribution < -0.4 is 0 Å². The van der Waals surface area contributed by atoms with Gasteiger partial charge in [-0.15, -0.1) is 11.6 Å². The van der Waals surface area contributed by atoms with E-state index in [1.165, 1.54) is 0 Å². The lowest BCUT2D eigenvalue weighted by atomic mass is 10.1. The van der Waals surface area contributed by atoms with Crippen LogP contribution in [0, 0.1) is 0 Å². The van der Waals surface area contributed by atoms with Gasteiger partial charge in [0.2, 0.25) is 0 Å². The molecule has 2 nitrogen and oxygen atoms in total. The number of hydrogen-bond donors (Lipinski definition) is 0. The number of ether oxygens (including phenoxy) is 2. The van der Waals surface area contributed by atoms with Crippen molar-refractivity contribution in [1.82, 2.24) is 0 Å². The zero-order valence-electron chi connectivity index (χ0n) is 7.65. The number of hydrogen-bond acceptors (Lipinski definition) is 2. The van der Waals surface area contributed by atoms with E-state index in [0.29, 0.717) is 13.2 Å². The lowest BCUT2D eigenvalue weighted by Crippen LogP contribution is -2.16. The van der Waals surface area contributed by atoms with Crippen molar-refractivity contribution in [2.45, 2.75) is 17.1 Å². The Morgan fingerprint density at radius 1 is 1.07 bits per heavy atom. The van der Waals surface area contributed by atoms with Gasteiger partial charge in [-0.3, -0.25) is 0 Å². The summed E-state index contributed by atoms with van der Waals surface area (Å²) in [7, 11) is 0. The summed E-state index contributed by atoms with van der Waals surface area (Å²) < 4.78 is 11.1. The summed E-state index contributed by atoms with van der Waals surface area (Å²) in [6.07, 6.45) is 0.0839. The summed E-state index contributed by atoms with van der Waals surface area (Å²) in [5.74, 6) is 0. The third-order valence-corrected chi connectivity index (χ3v) is 3.54. The summed E-state index contributed by atoms with van der Waals surface area (Å²) >= 11 is 6.49. The molecular formula is C11H11ClO2. The van der Waals surface area contributed by atoms with Crippen LogP contribution in [0.1, 0.15) is 5.56 Å². The molecule has 3 rings (SSSR count). The first-order chi connectivity index (χ1) is 6.83. The van der Waals surface area contributed by atoms with Gasteiger partial charge in [-0.25, -0.2) is 0 Å². The Morgan fingerprint density at radius 2 is 1.64 bits per heavy atom. The maximum Gasteiger partial charge on any atom is 0.127 e. The third-order valence-electron chi connectivity index (χ3n) is 2.89. The molecule has 1 unspecified atom stereocenters. The summed E-state index contributed by atoms with van der Waals surface area (Å²) in [6.45, 7) is 1.31. The molecule has 0 radical (unpaired) electrons. The Kier molecular flexibility index (Phi) is 1.84. The first-order valence-corrected chi connectivity index (χ1v) is 5.19. The maximum atomic E-state index is 6.49. The van der Waals surface area contributed by atoms with Crippen molar-refractivity contribution < 1.29 is 9.47 Å². The van der Waals surface area contributed by atoms with Crippen molar-refractivity contribution in [3.05, 3.63) is 35.9 Å². The van der Waals surface area contributed by atoms with Crippen LogP contribution in [0.4, 0.5) is 0 Å². The van der Waals surface area contributed by atoms with E-state index in [4.69, 9.17) is 21.1 Å². The molecule has 74 valence electrons. The van der Waals surface area contributed by atoms with Gasteiger partial charge in [-0.2, -0.15) is 0 Å². The van der Waals surface area contributed by atoms with Gasteiger partial charge < -0.3 is 9.47 Å². The van der Waals surface area contributed by atoms with Gasteiger partial charge in [-0.05, 0) is 5.56 Å². The fourth-order valence-corrected chi connectivity index (χ4v) is 2.51. The molecule has 1 aliphatic carbocycles. The quantitative estimate of drug-likeness (QED) is 0.660. The highest BCUT2D eigenvalue weighted by atomic mass is 35.5. The normalized spacial score (nSPS) is 40.4. The highest BCUT2D eigenvalue weighted by molar-refractivity contribution is 6.27. The molecule has 1 aromatic rings. The van der Waals surface area contributed by atoms with Gasteiger partial charge in [0, 0.05) is 0 Å². The van der Waals surface area contributed by atoms with Gasteiger partial charge in [0.1, 0.15) is 17.1 Å². The van der Waals surface area contributed by atoms with Crippen molar-refractivity contribution >= 4 is 11.6 Å². The second kappa shape index (κ2) is 2.96. The minimum Gasteiger partial charge on any atom is -0.371 e. The average Bonchev–Trinajstić information content (AvgIpc) is 2.89. The first kappa shape index (κ1) is 8.72. The van der Waals surface area contributed by atoms with Gasteiger partial charge in [0.25, 0.3) is 0 Å². The van der Waals surface area contributed by atoms with Crippen molar-refractivity contribution in [3.8, 4) is 0 Å². The van der Waals surface area contributed by atoms with E-state index in [-0.39, 0.29) is 12.2 Å². The third kappa shape index (κ3) is 1.05. The van der Waals surface area contributed by atoms with Crippen LogP contribution in [0.15, 0.2) is 30.3 Å². The second-order valence-electron chi connectivity index (χ2n) is 3.72. The van der Waals surface area contributed by atoms with Gasteiger partial charge >= 0.3 is 0 Å². The fraction of sp³-hybridized carbons (Fsp3) is 0.455. The lowest BCUT2D eigenvalue weighted by molar-refractivity contribution is -0.0376. The van der Waals surface area contributed by atoms with Crippen LogP contribution in [0.2, 0.25) is 0 Å². The van der Waals surface area contributed by atoms with E-state index in [9.17, 15) is 0 Å². The van der Waals surface area contributed by atoms with Crippen LogP contribution >= 0.6 is 11.6 Å². The average molecular weight is 211 g/mol. The SMILES string of the molecule is ClC1(c2ccccc2)[C@@H]2OCCO[C@@H]21. The Balaban J connectivity index is 1.92. The molecule has 1 heterocycles. The van der Waals surface area contributed by atoms with Crippen LogP contribution in [-0.2, 0) is 14.3 Å². The van der Waals surface area contributed by atoms with E-state index >= 15 is 0 Å². The summed E-state index contributed by atoms with van der Waals surface area (Å²) in [5, 5.41) is 0. The maximum absolute atomic E-state index is 6.49. The van der Waals surface area contributed by atoms with E-state index < -0.39 is 4.87 Å². The summed E-state index contributed by atoms with van der Waals surface area (Å²) in [5.41, 5.74) is 1.10. The van der Waals surface area contributed by atoms with Crippen LogP contribution in [0.25, 0.3) is 0 Å². The number of halogens is 1. The van der Waals surface area contributed by atoms with Crippen molar-refractivity contribution in [1.29, 1.82) is 0 Å². The molecule has 3 heteroatoms. The molecule has 0 aromatic heterocycles. The van der Waals surface area contributed by atoms with Gasteiger partial charge in [-0.1, -0.05) is 30.3 Å². The number of fused-ring (bicyclic) bond motifs is 1. The Labute approximate surface area is 87.8 Å². The molecule has 0 spiro atoms. The van der Waals surface area contributed by atoms with E-state index in [1.807, 2.05) is 30.3 Å². The minimum absolute atomic E-state index is 0.0420. The standard InChI is InChI=1S/C11H11ClO2/c12-11(8-4-2-1-3-5-8)9-10(11)14-7-6-13-9/h1-5,9-10H,6-7H2/t9-,10+,11?. The van der Waals surface area contributed by atoms with Crippen molar-refractivity contribution in [3.63, 3.8) is 0 Å². The molecule has 0 bridgehead atoms. The minimum atomic E-state index is -0.433. The second-order valence-corrected chi connectivity index (χ2v) is 4.34. The van der Waals surface area contributed by atoms with Crippen LogP contribution in [0.3, 0.4) is 0 Å². The number of benzene rings is 1. The Hall–Kier alpha value is -0.570. The zero-order chi connectivity index (χ0) is 9.60. The molecule has 2 aliphatic rings. The highest BCUT2D eigenvalue weighted by Crippen LogP contribution is 2.57. The molecular weight excluding hydrogens is 200 g/mol. The van der Waals surface area contributed by atoms with E-state index in [1.54, 1.807) is 0 Å². The number of rotatable bonds is 1. The molecule has 2 fully saturated rings. The monoisotopic (exact) mass is 210 g/mol. The van der Waals surface area contributed by atoms with E-state index in [0.717, 1.165) is 5.56 Å². The molecule has 14 heavy (non-hydrogen) atoms. The smallest absolute Gasteiger partial charge is 0.127 e. The predicted octanol–water partition coefficient (Wildman–Crippen LogP) is 1.92. The molecule has 1 aromatic carbocycles. The highest BCUT2D eigenvalue weighted by Gasteiger charge is 2.68. The van der Waals surface area contributed by atoms with Gasteiger partial charge in [0.15, 0.2) is 0 Å². The van der Waals surface area contributed by atoms with Crippen LogP contribution in [0.5, 0.6) is 0 Å².